The van der Waals surface area contributed by atoms with Gasteiger partial charge in [0.25, 0.3) is 5.91 Å². The van der Waals surface area contributed by atoms with E-state index >= 15 is 0 Å². The lowest BCUT2D eigenvalue weighted by Gasteiger charge is -2.30. The van der Waals surface area contributed by atoms with Crippen LogP contribution in [0.15, 0.2) is 48.0 Å². The summed E-state index contributed by atoms with van der Waals surface area (Å²) in [5.74, 6) is 0.114. The van der Waals surface area contributed by atoms with Gasteiger partial charge in [-0.15, -0.1) is 0 Å². The van der Waals surface area contributed by atoms with Crippen molar-refractivity contribution < 1.29 is 14.3 Å². The molecule has 1 fully saturated rings. The van der Waals surface area contributed by atoms with Crippen LogP contribution < -0.4 is 15.0 Å². The monoisotopic (exact) mass is 411 g/mol. The first-order chi connectivity index (χ1) is 14.1. The topological polar surface area (TPSA) is 74.6 Å². The maximum absolute atomic E-state index is 12.8. The van der Waals surface area contributed by atoms with Crippen LogP contribution in [0.2, 0.25) is 5.02 Å². The van der Waals surface area contributed by atoms with Gasteiger partial charge < -0.3 is 19.7 Å². The van der Waals surface area contributed by atoms with Gasteiger partial charge in [-0.3, -0.25) is 4.79 Å². The lowest BCUT2D eigenvalue weighted by atomic mass is 10.1. The second-order valence-electron chi connectivity index (χ2n) is 6.36. The molecular formula is C22H22ClN3O3. The summed E-state index contributed by atoms with van der Waals surface area (Å²) in [5.41, 5.74) is 2.05. The van der Waals surface area contributed by atoms with Gasteiger partial charge in [0.15, 0.2) is 0 Å². The second-order valence-corrected chi connectivity index (χ2v) is 6.79. The smallest absolute Gasteiger partial charge is 0.266 e. The lowest BCUT2D eigenvalue weighted by molar-refractivity contribution is -0.112. The zero-order chi connectivity index (χ0) is 20.6. The summed E-state index contributed by atoms with van der Waals surface area (Å²) in [6.07, 6.45) is 1.53. The minimum Gasteiger partial charge on any atom is -0.493 e. The number of anilines is 2. The van der Waals surface area contributed by atoms with Crippen LogP contribution in [0.5, 0.6) is 5.75 Å². The number of rotatable bonds is 6. The Balaban J connectivity index is 1.87. The highest BCUT2D eigenvalue weighted by molar-refractivity contribution is 6.31. The molecule has 6 nitrogen and oxygen atoms in total. The average Bonchev–Trinajstić information content (AvgIpc) is 2.74. The van der Waals surface area contributed by atoms with E-state index in [9.17, 15) is 10.1 Å². The molecule has 2 aromatic carbocycles. The largest absolute Gasteiger partial charge is 0.493 e. The summed E-state index contributed by atoms with van der Waals surface area (Å²) in [6, 6.07) is 14.6. The first kappa shape index (κ1) is 20.7. The van der Waals surface area contributed by atoms with Gasteiger partial charge in [-0.1, -0.05) is 29.8 Å². The van der Waals surface area contributed by atoms with E-state index in [0.29, 0.717) is 54.9 Å². The number of carbonyl (C=O) groups is 1. The molecule has 2 aromatic rings. The van der Waals surface area contributed by atoms with Gasteiger partial charge in [-0.05, 0) is 37.3 Å². The SMILES string of the molecule is CCOc1ccccc1/C=C(\C#N)C(=O)Nc1cc(Cl)ccc1N1CCOCC1. The van der Waals surface area contributed by atoms with Crippen molar-refractivity contribution in [3.8, 4) is 11.8 Å². The molecule has 1 N–H and O–H groups in total. The average molecular weight is 412 g/mol. The summed E-state index contributed by atoms with van der Waals surface area (Å²) >= 11 is 6.15. The molecular weight excluding hydrogens is 390 g/mol. The van der Waals surface area contributed by atoms with Crippen molar-refractivity contribution in [1.82, 2.24) is 0 Å². The van der Waals surface area contributed by atoms with Crippen molar-refractivity contribution in [2.75, 3.05) is 43.1 Å². The molecule has 0 aromatic heterocycles. The van der Waals surface area contributed by atoms with E-state index in [1.165, 1.54) is 6.08 Å². The quantitative estimate of drug-likeness (QED) is 0.571. The normalized spacial score (nSPS) is 14.2. The number of halogens is 1. The molecule has 1 heterocycles. The molecule has 7 heteroatoms. The van der Waals surface area contributed by atoms with Gasteiger partial charge in [0.1, 0.15) is 17.4 Å². The third-order valence-electron chi connectivity index (χ3n) is 4.44. The fourth-order valence-electron chi connectivity index (χ4n) is 3.07. The van der Waals surface area contributed by atoms with Crippen molar-refractivity contribution in [2.24, 2.45) is 0 Å². The molecule has 1 aliphatic heterocycles. The van der Waals surface area contributed by atoms with Gasteiger partial charge in [-0.25, -0.2) is 0 Å². The minimum atomic E-state index is -0.504. The molecule has 3 rings (SSSR count). The number of amides is 1. The molecule has 0 unspecified atom stereocenters. The van der Waals surface area contributed by atoms with Gasteiger partial charge in [0.05, 0.1) is 31.2 Å². The molecule has 0 saturated carbocycles. The standard InChI is InChI=1S/C22H22ClN3O3/c1-2-29-21-6-4-3-5-16(21)13-17(15-24)22(27)25-19-14-18(23)7-8-20(19)26-9-11-28-12-10-26/h3-8,13-14H,2,9-12H2,1H3,(H,25,27)/b17-13+. The third kappa shape index (κ3) is 5.29. The Morgan fingerprint density at radius 3 is 2.79 bits per heavy atom. The van der Waals surface area contributed by atoms with E-state index < -0.39 is 5.91 Å². The minimum absolute atomic E-state index is 0.0231. The van der Waals surface area contributed by atoms with Crippen LogP contribution >= 0.6 is 11.6 Å². The fraction of sp³-hybridized carbons (Fsp3) is 0.273. The molecule has 1 saturated heterocycles. The molecule has 1 amide bonds. The number of nitrogens with one attached hydrogen (secondary N) is 1. The Hall–Kier alpha value is -3.01. The van der Waals surface area contributed by atoms with Gasteiger partial charge in [0, 0.05) is 23.7 Å². The highest BCUT2D eigenvalue weighted by Crippen LogP contribution is 2.30. The lowest BCUT2D eigenvalue weighted by Crippen LogP contribution is -2.36. The van der Waals surface area contributed by atoms with Gasteiger partial charge >= 0.3 is 0 Å². The molecule has 29 heavy (non-hydrogen) atoms. The maximum Gasteiger partial charge on any atom is 0.266 e. The zero-order valence-corrected chi connectivity index (χ0v) is 16.9. The number of para-hydroxylation sites is 1. The van der Waals surface area contributed by atoms with Crippen LogP contribution in [0.1, 0.15) is 12.5 Å². The van der Waals surface area contributed by atoms with Gasteiger partial charge in [0.2, 0.25) is 0 Å². The number of ether oxygens (including phenoxy) is 2. The first-order valence-corrected chi connectivity index (χ1v) is 9.77. The molecule has 0 radical (unpaired) electrons. The van der Waals surface area contributed by atoms with Gasteiger partial charge in [-0.2, -0.15) is 5.26 Å². The summed E-state index contributed by atoms with van der Waals surface area (Å²) in [4.78, 5) is 15.0. The van der Waals surface area contributed by atoms with Crippen LogP contribution in [0.4, 0.5) is 11.4 Å². The molecule has 150 valence electrons. The third-order valence-corrected chi connectivity index (χ3v) is 4.68. The van der Waals surface area contributed by atoms with Crippen molar-refractivity contribution in [3.63, 3.8) is 0 Å². The van der Waals surface area contributed by atoms with Crippen molar-refractivity contribution in [3.05, 3.63) is 58.6 Å². The fourth-order valence-corrected chi connectivity index (χ4v) is 3.24. The molecule has 0 spiro atoms. The van der Waals surface area contributed by atoms with Crippen LogP contribution in [0, 0.1) is 11.3 Å². The van der Waals surface area contributed by atoms with E-state index in [0.717, 1.165) is 5.69 Å². The summed E-state index contributed by atoms with van der Waals surface area (Å²) < 4.78 is 11.0. The highest BCUT2D eigenvalue weighted by Gasteiger charge is 2.18. The Morgan fingerprint density at radius 2 is 2.07 bits per heavy atom. The molecule has 1 aliphatic rings. The van der Waals surface area contributed by atoms with Crippen LogP contribution in [0.25, 0.3) is 6.08 Å². The Labute approximate surface area is 175 Å². The molecule has 0 bridgehead atoms. The number of benzene rings is 2. The van der Waals surface area contributed by atoms with Crippen LogP contribution in [0.3, 0.4) is 0 Å². The summed E-state index contributed by atoms with van der Waals surface area (Å²) in [7, 11) is 0. The van der Waals surface area contributed by atoms with Crippen LogP contribution in [-0.2, 0) is 9.53 Å². The predicted octanol–water partition coefficient (Wildman–Crippen LogP) is 4.12. The van der Waals surface area contributed by atoms with E-state index in [1.807, 2.05) is 31.2 Å². The van der Waals surface area contributed by atoms with E-state index in [-0.39, 0.29) is 5.57 Å². The van der Waals surface area contributed by atoms with Crippen molar-refractivity contribution >= 4 is 35.0 Å². The van der Waals surface area contributed by atoms with Crippen molar-refractivity contribution in [1.29, 1.82) is 5.26 Å². The summed E-state index contributed by atoms with van der Waals surface area (Å²) in [6.45, 7) is 5.04. The first-order valence-electron chi connectivity index (χ1n) is 9.39. The predicted molar refractivity (Wildman–Crippen MR) is 114 cm³/mol. The number of hydrogen-bond donors (Lipinski definition) is 1. The Kier molecular flexibility index (Phi) is 7.12. The summed E-state index contributed by atoms with van der Waals surface area (Å²) in [5, 5.41) is 12.9. The number of morpholine rings is 1. The Bertz CT molecular complexity index is 947. The number of carbonyl (C=O) groups excluding carboxylic acids is 1. The maximum atomic E-state index is 12.8. The van der Waals surface area contributed by atoms with E-state index in [1.54, 1.807) is 24.3 Å². The van der Waals surface area contributed by atoms with Crippen molar-refractivity contribution in [2.45, 2.75) is 6.92 Å². The highest BCUT2D eigenvalue weighted by atomic mass is 35.5. The van der Waals surface area contributed by atoms with Crippen LogP contribution in [-0.4, -0.2) is 38.8 Å². The molecule has 0 aliphatic carbocycles. The Morgan fingerprint density at radius 1 is 1.31 bits per heavy atom. The molecule has 0 atom stereocenters. The number of hydrogen-bond acceptors (Lipinski definition) is 5. The zero-order valence-electron chi connectivity index (χ0n) is 16.2. The number of nitrogens with zero attached hydrogens (tertiary/aromatic N) is 2. The second kappa shape index (κ2) is 9.97. The number of nitriles is 1. The van der Waals surface area contributed by atoms with E-state index in [4.69, 9.17) is 21.1 Å². The van der Waals surface area contributed by atoms with E-state index in [2.05, 4.69) is 10.2 Å².